The van der Waals surface area contributed by atoms with Gasteiger partial charge in [-0.25, -0.2) is 0 Å². The Bertz CT molecular complexity index is 674. The van der Waals surface area contributed by atoms with E-state index in [0.717, 1.165) is 5.69 Å². The van der Waals surface area contributed by atoms with Gasteiger partial charge in [-0.1, -0.05) is 25.3 Å². The molecule has 1 saturated carbocycles. The molecule has 128 valence electrons. The first-order valence-electron chi connectivity index (χ1n) is 8.41. The highest BCUT2D eigenvalue weighted by atomic mass is 32.2. The molecule has 1 aromatic carbocycles. The van der Waals surface area contributed by atoms with Crippen LogP contribution in [0.4, 0.5) is 17.5 Å². The van der Waals surface area contributed by atoms with Crippen LogP contribution in [0, 0.1) is 5.92 Å². The zero-order chi connectivity index (χ0) is 16.8. The van der Waals surface area contributed by atoms with Crippen molar-refractivity contribution in [2.24, 2.45) is 5.92 Å². The lowest BCUT2D eigenvalue weighted by Crippen LogP contribution is -2.16. The number of aromatic nitrogens is 2. The second-order valence-corrected chi connectivity index (χ2v) is 7.01. The van der Waals surface area contributed by atoms with E-state index in [9.17, 15) is 0 Å². The lowest BCUT2D eigenvalue weighted by atomic mass is 9.90. The zero-order valence-electron chi connectivity index (χ0n) is 14.0. The molecule has 1 aliphatic rings. The highest BCUT2D eigenvalue weighted by Gasteiger charge is 2.15. The first-order chi connectivity index (χ1) is 11.7. The van der Waals surface area contributed by atoms with E-state index in [4.69, 9.17) is 10.5 Å². The van der Waals surface area contributed by atoms with Gasteiger partial charge in [0, 0.05) is 16.6 Å². The van der Waals surface area contributed by atoms with Gasteiger partial charge in [-0.05, 0) is 43.2 Å². The van der Waals surface area contributed by atoms with Crippen molar-refractivity contribution in [2.45, 2.75) is 37.0 Å². The van der Waals surface area contributed by atoms with Gasteiger partial charge >= 0.3 is 0 Å². The molecular formula is C18H24N4OS. The highest BCUT2D eigenvalue weighted by molar-refractivity contribution is 7.98. The van der Waals surface area contributed by atoms with Gasteiger partial charge < -0.3 is 15.8 Å². The first-order valence-corrected chi connectivity index (χ1v) is 9.64. The van der Waals surface area contributed by atoms with Crippen LogP contribution >= 0.6 is 11.8 Å². The van der Waals surface area contributed by atoms with Gasteiger partial charge in [-0.15, -0.1) is 11.8 Å². The number of benzene rings is 1. The maximum Gasteiger partial charge on any atom is 0.232 e. The minimum atomic E-state index is 0.409. The second kappa shape index (κ2) is 8.24. The van der Waals surface area contributed by atoms with Crippen LogP contribution in [-0.2, 0) is 0 Å². The predicted molar refractivity (Wildman–Crippen MR) is 100 cm³/mol. The van der Waals surface area contributed by atoms with Crippen LogP contribution in [0.3, 0.4) is 0 Å². The number of hydrogen-bond acceptors (Lipinski definition) is 6. The second-order valence-electron chi connectivity index (χ2n) is 6.13. The van der Waals surface area contributed by atoms with Crippen LogP contribution in [0.25, 0.3) is 0 Å². The molecule has 0 amide bonds. The van der Waals surface area contributed by atoms with Gasteiger partial charge in [-0.3, -0.25) is 0 Å². The number of nitrogen functional groups attached to an aromatic ring is 1. The Hall–Kier alpha value is -1.95. The van der Waals surface area contributed by atoms with E-state index in [2.05, 4.69) is 27.4 Å². The van der Waals surface area contributed by atoms with Crippen molar-refractivity contribution in [2.75, 3.05) is 23.9 Å². The quantitative estimate of drug-likeness (QED) is 0.753. The fourth-order valence-corrected chi connectivity index (χ4v) is 3.42. The summed E-state index contributed by atoms with van der Waals surface area (Å²) >= 11 is 1.69. The average Bonchev–Trinajstić information content (AvgIpc) is 2.60. The molecule has 0 radical (unpaired) electrons. The highest BCUT2D eigenvalue weighted by Crippen LogP contribution is 2.26. The summed E-state index contributed by atoms with van der Waals surface area (Å²) in [5.41, 5.74) is 6.84. The largest absolute Gasteiger partial charge is 0.477 e. The molecule has 6 heteroatoms. The van der Waals surface area contributed by atoms with Crippen molar-refractivity contribution < 1.29 is 4.74 Å². The number of thioether (sulfide) groups is 1. The summed E-state index contributed by atoms with van der Waals surface area (Å²) in [7, 11) is 0. The van der Waals surface area contributed by atoms with Gasteiger partial charge in [0.25, 0.3) is 0 Å². The predicted octanol–water partition coefficient (Wildman–Crippen LogP) is 4.48. The molecule has 1 fully saturated rings. The molecule has 0 bridgehead atoms. The lowest BCUT2D eigenvalue weighted by molar-refractivity contribution is 0.203. The lowest BCUT2D eigenvalue weighted by Gasteiger charge is -2.21. The third kappa shape index (κ3) is 4.77. The van der Waals surface area contributed by atoms with Gasteiger partial charge in [0.15, 0.2) is 0 Å². The van der Waals surface area contributed by atoms with Crippen molar-refractivity contribution in [1.82, 2.24) is 9.97 Å². The van der Waals surface area contributed by atoms with Crippen LogP contribution in [-0.4, -0.2) is 22.8 Å². The summed E-state index contributed by atoms with van der Waals surface area (Å²) < 4.78 is 5.87. The molecule has 5 nitrogen and oxygen atoms in total. The number of nitrogens with one attached hydrogen (secondary N) is 1. The van der Waals surface area contributed by atoms with Crippen LogP contribution in [0.2, 0.25) is 0 Å². The number of nitrogens with two attached hydrogens (primary N) is 1. The number of ether oxygens (including phenoxy) is 1. The zero-order valence-corrected chi connectivity index (χ0v) is 14.8. The summed E-state index contributed by atoms with van der Waals surface area (Å²) in [5, 5.41) is 3.20. The summed E-state index contributed by atoms with van der Waals surface area (Å²) in [6, 6.07) is 9.79. The van der Waals surface area contributed by atoms with E-state index in [1.54, 1.807) is 17.8 Å². The Balaban J connectivity index is 1.66. The summed E-state index contributed by atoms with van der Waals surface area (Å²) in [4.78, 5) is 9.86. The topological polar surface area (TPSA) is 73.1 Å². The van der Waals surface area contributed by atoms with E-state index < -0.39 is 0 Å². The van der Waals surface area contributed by atoms with E-state index >= 15 is 0 Å². The van der Waals surface area contributed by atoms with E-state index in [1.165, 1.54) is 37.0 Å². The summed E-state index contributed by atoms with van der Waals surface area (Å²) in [6.45, 7) is 0.706. The molecule has 0 saturated heterocycles. The van der Waals surface area contributed by atoms with Crippen molar-refractivity contribution in [3.05, 3.63) is 30.3 Å². The molecule has 0 atom stereocenters. The summed E-state index contributed by atoms with van der Waals surface area (Å²) in [5.74, 6) is 2.04. The number of rotatable bonds is 6. The molecule has 2 aromatic rings. The van der Waals surface area contributed by atoms with Gasteiger partial charge in [-0.2, -0.15) is 9.97 Å². The Labute approximate surface area is 147 Å². The molecule has 24 heavy (non-hydrogen) atoms. The summed E-state index contributed by atoms with van der Waals surface area (Å²) in [6.07, 6.45) is 8.49. The van der Waals surface area contributed by atoms with E-state index in [1.807, 2.05) is 18.4 Å². The van der Waals surface area contributed by atoms with Crippen LogP contribution in [0.1, 0.15) is 32.1 Å². The third-order valence-electron chi connectivity index (χ3n) is 4.24. The molecule has 0 aliphatic heterocycles. The molecule has 1 aliphatic carbocycles. The molecule has 1 aromatic heterocycles. The first kappa shape index (κ1) is 16.9. The van der Waals surface area contributed by atoms with Crippen LogP contribution in [0.5, 0.6) is 5.88 Å². The molecule has 0 spiro atoms. The smallest absolute Gasteiger partial charge is 0.232 e. The van der Waals surface area contributed by atoms with Crippen molar-refractivity contribution in [3.63, 3.8) is 0 Å². The van der Waals surface area contributed by atoms with Gasteiger partial charge in [0.05, 0.1) is 6.61 Å². The van der Waals surface area contributed by atoms with Crippen LogP contribution in [0.15, 0.2) is 35.2 Å². The maximum absolute atomic E-state index is 5.90. The number of anilines is 3. The maximum atomic E-state index is 5.90. The Morgan fingerprint density at radius 1 is 1.21 bits per heavy atom. The normalized spacial score (nSPS) is 15.2. The number of hydrogen-bond donors (Lipinski definition) is 2. The molecule has 3 N–H and O–H groups in total. The average molecular weight is 344 g/mol. The SMILES string of the molecule is CSc1cccc(Nc2nc(N)cc(OCC3CCCCC3)n2)c1. The third-order valence-corrected chi connectivity index (χ3v) is 4.97. The van der Waals surface area contributed by atoms with Crippen molar-refractivity contribution >= 4 is 29.2 Å². The fourth-order valence-electron chi connectivity index (χ4n) is 2.96. The molecule has 3 rings (SSSR count). The van der Waals surface area contributed by atoms with E-state index in [-0.39, 0.29) is 0 Å². The minimum Gasteiger partial charge on any atom is -0.477 e. The Morgan fingerprint density at radius 3 is 2.83 bits per heavy atom. The van der Waals surface area contributed by atoms with Gasteiger partial charge in [0.1, 0.15) is 5.82 Å². The standard InChI is InChI=1S/C18H24N4OS/c1-24-15-9-5-8-14(10-15)20-18-21-16(19)11-17(22-18)23-12-13-6-3-2-4-7-13/h5,8-11,13H,2-4,6-7,12H2,1H3,(H3,19,20,21,22). The molecular weight excluding hydrogens is 320 g/mol. The van der Waals surface area contributed by atoms with E-state index in [0.29, 0.717) is 30.2 Å². The van der Waals surface area contributed by atoms with Gasteiger partial charge in [0.2, 0.25) is 11.8 Å². The van der Waals surface area contributed by atoms with Crippen molar-refractivity contribution in [1.29, 1.82) is 0 Å². The minimum absolute atomic E-state index is 0.409. The van der Waals surface area contributed by atoms with Crippen LogP contribution < -0.4 is 15.8 Å². The van der Waals surface area contributed by atoms with Crippen molar-refractivity contribution in [3.8, 4) is 5.88 Å². The molecule has 0 unspecified atom stereocenters. The Kier molecular flexibility index (Phi) is 5.80. The molecule has 1 heterocycles. The monoisotopic (exact) mass is 344 g/mol. The fraction of sp³-hybridized carbons (Fsp3) is 0.444. The number of nitrogens with zero attached hydrogens (tertiary/aromatic N) is 2. The Morgan fingerprint density at radius 2 is 2.04 bits per heavy atom.